The molecule has 1 aliphatic carbocycles. The predicted molar refractivity (Wildman–Crippen MR) is 103 cm³/mol. The Bertz CT molecular complexity index is 743. The first-order valence-corrected chi connectivity index (χ1v) is 10.5. The third-order valence-electron chi connectivity index (χ3n) is 5.84. The van der Waals surface area contributed by atoms with Gasteiger partial charge in [-0.05, 0) is 37.1 Å². The smallest absolute Gasteiger partial charge is 0.123 e. The van der Waals surface area contributed by atoms with Crippen molar-refractivity contribution < 1.29 is 4.39 Å². The van der Waals surface area contributed by atoms with Crippen molar-refractivity contribution in [1.29, 1.82) is 0 Å². The maximum absolute atomic E-state index is 13.1. The van der Waals surface area contributed by atoms with Crippen molar-refractivity contribution >= 4 is 17.0 Å². The second-order valence-electron chi connectivity index (χ2n) is 7.79. The van der Waals surface area contributed by atoms with E-state index < -0.39 is 0 Å². The van der Waals surface area contributed by atoms with Gasteiger partial charge in [-0.15, -0.1) is 11.3 Å². The van der Waals surface area contributed by atoms with Crippen molar-refractivity contribution in [3.63, 3.8) is 0 Å². The van der Waals surface area contributed by atoms with Crippen molar-refractivity contribution in [1.82, 2.24) is 14.8 Å². The normalized spacial score (nSPS) is 22.6. The predicted octanol–water partition coefficient (Wildman–Crippen LogP) is 3.17. The summed E-state index contributed by atoms with van der Waals surface area (Å²) in [7, 11) is 0. The summed E-state index contributed by atoms with van der Waals surface area (Å²) in [4.78, 5) is 13.5. The minimum Gasteiger partial charge on any atom is -0.369 e. The highest BCUT2D eigenvalue weighted by Crippen LogP contribution is 2.42. The molecule has 3 fully saturated rings. The lowest BCUT2D eigenvalue weighted by molar-refractivity contribution is 0.0262. The van der Waals surface area contributed by atoms with Gasteiger partial charge >= 0.3 is 0 Å². The van der Waals surface area contributed by atoms with E-state index in [2.05, 4.69) is 25.9 Å². The molecule has 0 N–H and O–H groups in total. The number of hydrogen-bond donors (Lipinski definition) is 0. The summed E-state index contributed by atoms with van der Waals surface area (Å²) in [5, 5.41) is 1.36. The summed E-state index contributed by atoms with van der Waals surface area (Å²) < 4.78 is 13.1. The third-order valence-corrected chi connectivity index (χ3v) is 6.98. The molecule has 0 spiro atoms. The lowest BCUT2D eigenvalue weighted by atomic mass is 10.1. The highest BCUT2D eigenvalue weighted by molar-refractivity contribution is 7.11. The number of aromatic nitrogens is 1. The molecule has 3 aliphatic rings. The number of benzene rings is 1. The Morgan fingerprint density at radius 2 is 1.77 bits per heavy atom. The largest absolute Gasteiger partial charge is 0.369 e. The first-order valence-electron chi connectivity index (χ1n) is 9.66. The Hall–Kier alpha value is -1.50. The van der Waals surface area contributed by atoms with Gasteiger partial charge in [-0.3, -0.25) is 9.80 Å². The van der Waals surface area contributed by atoms with Crippen LogP contribution in [0, 0.1) is 5.82 Å². The van der Waals surface area contributed by atoms with Crippen LogP contribution in [0.1, 0.15) is 28.6 Å². The molecule has 26 heavy (non-hydrogen) atoms. The molecule has 138 valence electrons. The van der Waals surface area contributed by atoms with Gasteiger partial charge in [0, 0.05) is 74.5 Å². The summed E-state index contributed by atoms with van der Waals surface area (Å²) >= 11 is 1.92. The number of rotatable bonds is 5. The number of halogens is 1. The second kappa shape index (κ2) is 6.91. The molecule has 1 aromatic carbocycles. The molecule has 5 rings (SSSR count). The fraction of sp³-hybridized carbons (Fsp3) is 0.550. The van der Waals surface area contributed by atoms with Gasteiger partial charge in [0.25, 0.3) is 0 Å². The van der Waals surface area contributed by atoms with Crippen LogP contribution in [-0.4, -0.2) is 60.1 Å². The van der Waals surface area contributed by atoms with Crippen LogP contribution < -0.4 is 4.90 Å². The Morgan fingerprint density at radius 3 is 2.46 bits per heavy atom. The zero-order chi connectivity index (χ0) is 17.5. The summed E-state index contributed by atoms with van der Waals surface area (Å²) in [5.41, 5.74) is 1.14. The summed E-state index contributed by atoms with van der Waals surface area (Å²) in [5.74, 6) is 0.613. The van der Waals surface area contributed by atoms with Crippen LogP contribution in [0.25, 0.3) is 0 Å². The van der Waals surface area contributed by atoms with Gasteiger partial charge in [0.15, 0.2) is 0 Å². The monoisotopic (exact) mass is 372 g/mol. The fourth-order valence-corrected chi connectivity index (χ4v) is 5.16. The van der Waals surface area contributed by atoms with E-state index in [-0.39, 0.29) is 5.82 Å². The molecule has 3 heterocycles. The van der Waals surface area contributed by atoms with Crippen molar-refractivity contribution in [3.05, 3.63) is 46.2 Å². The lowest BCUT2D eigenvalue weighted by Gasteiger charge is -2.48. The van der Waals surface area contributed by atoms with Crippen LogP contribution in [0.2, 0.25) is 0 Å². The molecule has 0 bridgehead atoms. The van der Waals surface area contributed by atoms with E-state index >= 15 is 0 Å². The minimum absolute atomic E-state index is 0.160. The topological polar surface area (TPSA) is 22.6 Å². The molecule has 1 aromatic heterocycles. The number of anilines is 1. The number of hydrogen-bond acceptors (Lipinski definition) is 5. The summed E-state index contributed by atoms with van der Waals surface area (Å²) in [6, 6.07) is 7.59. The number of thiazole rings is 1. The van der Waals surface area contributed by atoms with E-state index in [4.69, 9.17) is 0 Å². The third kappa shape index (κ3) is 3.50. The van der Waals surface area contributed by atoms with Crippen LogP contribution in [-0.2, 0) is 6.54 Å². The van der Waals surface area contributed by atoms with Gasteiger partial charge in [-0.2, -0.15) is 0 Å². The zero-order valence-electron chi connectivity index (χ0n) is 15.0. The first kappa shape index (κ1) is 16.7. The number of nitrogens with zero attached hydrogens (tertiary/aromatic N) is 4. The maximum Gasteiger partial charge on any atom is 0.123 e. The van der Waals surface area contributed by atoms with E-state index in [1.165, 1.54) is 35.8 Å². The highest BCUT2D eigenvalue weighted by atomic mass is 32.1. The molecule has 0 amide bonds. The number of piperazine rings is 1. The van der Waals surface area contributed by atoms with Crippen LogP contribution in [0.15, 0.2) is 30.5 Å². The maximum atomic E-state index is 13.1. The van der Waals surface area contributed by atoms with Crippen molar-refractivity contribution in [3.8, 4) is 0 Å². The molecule has 0 radical (unpaired) electrons. The second-order valence-corrected chi connectivity index (χ2v) is 8.93. The van der Waals surface area contributed by atoms with Crippen LogP contribution in [0.3, 0.4) is 0 Å². The van der Waals surface area contributed by atoms with E-state index in [0.29, 0.717) is 6.04 Å². The molecule has 2 saturated heterocycles. The Kier molecular flexibility index (Phi) is 4.43. The van der Waals surface area contributed by atoms with Crippen molar-refractivity contribution in [2.45, 2.75) is 31.3 Å². The van der Waals surface area contributed by atoms with Gasteiger partial charge in [-0.25, -0.2) is 9.37 Å². The van der Waals surface area contributed by atoms with Crippen molar-refractivity contribution in [2.75, 3.05) is 44.2 Å². The van der Waals surface area contributed by atoms with Crippen LogP contribution in [0.5, 0.6) is 0 Å². The van der Waals surface area contributed by atoms with Crippen LogP contribution >= 0.6 is 11.3 Å². The van der Waals surface area contributed by atoms with E-state index in [1.54, 1.807) is 12.1 Å². The SMILES string of the molecule is Fc1ccc(N2CCN(C3CN(Cc4cnc(C5CC5)s4)C3)CC2)cc1. The molecule has 6 heteroatoms. The van der Waals surface area contributed by atoms with Gasteiger partial charge < -0.3 is 4.90 Å². The Labute approximate surface area is 158 Å². The van der Waals surface area contributed by atoms with Crippen molar-refractivity contribution in [2.24, 2.45) is 0 Å². The Morgan fingerprint density at radius 1 is 1.04 bits per heavy atom. The number of likely N-dealkylation sites (tertiary alicyclic amines) is 1. The Balaban J connectivity index is 1.08. The fourth-order valence-electron chi connectivity index (χ4n) is 4.03. The quantitative estimate of drug-likeness (QED) is 0.804. The van der Waals surface area contributed by atoms with Gasteiger partial charge in [0.05, 0.1) is 5.01 Å². The molecule has 0 unspecified atom stereocenters. The molecular formula is C20H25FN4S. The highest BCUT2D eigenvalue weighted by Gasteiger charge is 2.34. The van der Waals surface area contributed by atoms with E-state index in [1.807, 2.05) is 23.5 Å². The average Bonchev–Trinajstić information content (AvgIpc) is 3.38. The zero-order valence-corrected chi connectivity index (χ0v) is 15.8. The first-order chi connectivity index (χ1) is 12.7. The van der Waals surface area contributed by atoms with Gasteiger partial charge in [0.1, 0.15) is 5.82 Å². The molecular weight excluding hydrogens is 347 g/mol. The van der Waals surface area contributed by atoms with Crippen LogP contribution in [0.4, 0.5) is 10.1 Å². The molecule has 0 atom stereocenters. The minimum atomic E-state index is -0.160. The summed E-state index contributed by atoms with van der Waals surface area (Å²) in [6.45, 7) is 7.67. The van der Waals surface area contributed by atoms with E-state index in [0.717, 1.165) is 44.3 Å². The molecule has 1 saturated carbocycles. The lowest BCUT2D eigenvalue weighted by Crippen LogP contribution is -2.62. The van der Waals surface area contributed by atoms with E-state index in [9.17, 15) is 4.39 Å². The van der Waals surface area contributed by atoms with Gasteiger partial charge in [0.2, 0.25) is 0 Å². The van der Waals surface area contributed by atoms with Gasteiger partial charge in [-0.1, -0.05) is 0 Å². The summed E-state index contributed by atoms with van der Waals surface area (Å²) in [6.07, 6.45) is 4.76. The average molecular weight is 373 g/mol. The standard InChI is InChI=1S/C20H25FN4S/c21-16-3-5-17(6-4-16)24-7-9-25(10-8-24)18-12-23(13-18)14-19-11-22-20(26-19)15-1-2-15/h3-6,11,15,18H,1-2,7-10,12-14H2. The molecule has 2 aliphatic heterocycles. The molecule has 2 aromatic rings. The molecule has 4 nitrogen and oxygen atoms in total.